The molecule has 0 amide bonds. The topological polar surface area (TPSA) is 66.6 Å². The Kier molecular flexibility index (Phi) is 3.78. The molecular formula is C12H18N2O3. The number of aromatic nitrogens is 1. The number of likely N-dealkylation sites (tertiary alicyclic amines) is 1. The van der Waals surface area contributed by atoms with Crippen LogP contribution in [0.5, 0.6) is 0 Å². The van der Waals surface area contributed by atoms with Crippen molar-refractivity contribution in [3.8, 4) is 0 Å². The summed E-state index contributed by atoms with van der Waals surface area (Å²) in [6.07, 6.45) is 3.67. The Balaban J connectivity index is 2.01. The van der Waals surface area contributed by atoms with E-state index in [9.17, 15) is 4.79 Å². The van der Waals surface area contributed by atoms with Crippen LogP contribution in [-0.2, 0) is 11.2 Å². The van der Waals surface area contributed by atoms with Gasteiger partial charge in [-0.1, -0.05) is 6.92 Å². The van der Waals surface area contributed by atoms with Crippen LogP contribution in [-0.4, -0.2) is 40.6 Å². The standard InChI is InChI=1S/C12H18N2O3/c1-2-14-5-3-4-9(8-14)12-13-7-10(17-12)6-11(15)16/h7,9H,2-6,8H2,1H3,(H,15,16). The zero-order valence-corrected chi connectivity index (χ0v) is 10.1. The first kappa shape index (κ1) is 12.1. The van der Waals surface area contributed by atoms with Crippen molar-refractivity contribution in [1.29, 1.82) is 0 Å². The highest BCUT2D eigenvalue weighted by atomic mass is 16.4. The highest BCUT2D eigenvalue weighted by molar-refractivity contribution is 5.69. The maximum absolute atomic E-state index is 10.6. The van der Waals surface area contributed by atoms with Crippen LogP contribution >= 0.6 is 0 Å². The average molecular weight is 238 g/mol. The number of nitrogens with zero attached hydrogens (tertiary/aromatic N) is 2. The Bertz CT molecular complexity index is 389. The van der Waals surface area contributed by atoms with Crippen molar-refractivity contribution in [2.45, 2.75) is 32.1 Å². The quantitative estimate of drug-likeness (QED) is 0.861. The van der Waals surface area contributed by atoms with Crippen LogP contribution in [0.25, 0.3) is 0 Å². The number of oxazole rings is 1. The highest BCUT2D eigenvalue weighted by Crippen LogP contribution is 2.26. The zero-order valence-electron chi connectivity index (χ0n) is 10.1. The highest BCUT2D eigenvalue weighted by Gasteiger charge is 2.24. The molecule has 1 aromatic rings. The molecule has 0 spiro atoms. The largest absolute Gasteiger partial charge is 0.481 e. The van der Waals surface area contributed by atoms with E-state index in [1.165, 1.54) is 6.20 Å². The van der Waals surface area contributed by atoms with Gasteiger partial charge < -0.3 is 14.4 Å². The number of carboxylic acids is 1. The van der Waals surface area contributed by atoms with E-state index in [2.05, 4.69) is 16.8 Å². The molecule has 1 saturated heterocycles. The molecule has 2 heterocycles. The van der Waals surface area contributed by atoms with Gasteiger partial charge in [-0.25, -0.2) is 4.98 Å². The molecule has 0 radical (unpaired) electrons. The minimum atomic E-state index is -0.883. The molecule has 1 aromatic heterocycles. The molecule has 0 aromatic carbocycles. The molecule has 94 valence electrons. The minimum Gasteiger partial charge on any atom is -0.481 e. The predicted octanol–water partition coefficient (Wildman–Crippen LogP) is 1.50. The van der Waals surface area contributed by atoms with Crippen molar-refractivity contribution >= 4 is 5.97 Å². The van der Waals surface area contributed by atoms with Gasteiger partial charge in [-0.15, -0.1) is 0 Å². The van der Waals surface area contributed by atoms with Crippen molar-refractivity contribution in [3.63, 3.8) is 0 Å². The SMILES string of the molecule is CCN1CCCC(c2ncc(CC(=O)O)o2)C1. The van der Waals surface area contributed by atoms with E-state index in [4.69, 9.17) is 9.52 Å². The number of rotatable bonds is 4. The molecule has 1 fully saturated rings. The van der Waals surface area contributed by atoms with Gasteiger partial charge in [0, 0.05) is 12.5 Å². The van der Waals surface area contributed by atoms with Crippen molar-refractivity contribution in [2.24, 2.45) is 0 Å². The Hall–Kier alpha value is -1.36. The van der Waals surface area contributed by atoms with E-state index in [1.807, 2.05) is 0 Å². The first-order chi connectivity index (χ1) is 8.19. The fourth-order valence-electron chi connectivity index (χ4n) is 2.29. The second kappa shape index (κ2) is 5.31. The van der Waals surface area contributed by atoms with Gasteiger partial charge in [0.15, 0.2) is 5.89 Å². The van der Waals surface area contributed by atoms with E-state index in [0.717, 1.165) is 32.5 Å². The zero-order chi connectivity index (χ0) is 12.3. The van der Waals surface area contributed by atoms with E-state index in [-0.39, 0.29) is 6.42 Å². The minimum absolute atomic E-state index is 0.0861. The smallest absolute Gasteiger partial charge is 0.311 e. The molecule has 1 N–H and O–H groups in total. The summed E-state index contributed by atoms with van der Waals surface area (Å²) in [4.78, 5) is 17.1. The molecule has 2 rings (SSSR count). The number of hydrogen-bond acceptors (Lipinski definition) is 4. The third-order valence-electron chi connectivity index (χ3n) is 3.20. The summed E-state index contributed by atoms with van der Waals surface area (Å²) in [6.45, 7) is 5.28. The molecule has 5 nitrogen and oxygen atoms in total. The normalized spacial score (nSPS) is 21.6. The molecule has 17 heavy (non-hydrogen) atoms. The van der Waals surface area contributed by atoms with E-state index < -0.39 is 5.97 Å². The molecule has 1 aliphatic rings. The lowest BCUT2D eigenvalue weighted by molar-refractivity contribution is -0.136. The number of likely N-dealkylation sites (N-methyl/N-ethyl adjacent to an activating group) is 1. The molecule has 0 aliphatic carbocycles. The average Bonchev–Trinajstić information content (AvgIpc) is 2.77. The molecule has 0 bridgehead atoms. The van der Waals surface area contributed by atoms with Crippen molar-refractivity contribution in [1.82, 2.24) is 9.88 Å². The van der Waals surface area contributed by atoms with Crippen molar-refractivity contribution in [3.05, 3.63) is 17.8 Å². The molecule has 0 saturated carbocycles. The lowest BCUT2D eigenvalue weighted by atomic mass is 9.98. The lowest BCUT2D eigenvalue weighted by Gasteiger charge is -2.29. The predicted molar refractivity (Wildman–Crippen MR) is 61.9 cm³/mol. The van der Waals surface area contributed by atoms with Crippen LogP contribution in [0.4, 0.5) is 0 Å². The molecule has 1 unspecified atom stereocenters. The van der Waals surface area contributed by atoms with E-state index >= 15 is 0 Å². The van der Waals surface area contributed by atoms with Crippen LogP contribution in [0.2, 0.25) is 0 Å². The van der Waals surface area contributed by atoms with Crippen LogP contribution < -0.4 is 0 Å². The fourth-order valence-corrected chi connectivity index (χ4v) is 2.29. The van der Waals surface area contributed by atoms with Crippen LogP contribution in [0, 0.1) is 0 Å². The summed E-state index contributed by atoms with van der Waals surface area (Å²) in [5.41, 5.74) is 0. The molecule has 1 aliphatic heterocycles. The molecule has 5 heteroatoms. The maximum Gasteiger partial charge on any atom is 0.311 e. The maximum atomic E-state index is 10.6. The number of aliphatic carboxylic acids is 1. The number of carboxylic acid groups (broad SMARTS) is 1. The Morgan fingerprint density at radius 2 is 2.53 bits per heavy atom. The number of piperidine rings is 1. The number of carbonyl (C=O) groups is 1. The monoisotopic (exact) mass is 238 g/mol. The summed E-state index contributed by atoms with van der Waals surface area (Å²) >= 11 is 0. The summed E-state index contributed by atoms with van der Waals surface area (Å²) < 4.78 is 5.51. The van der Waals surface area contributed by atoms with Crippen LogP contribution in [0.1, 0.15) is 37.3 Å². The van der Waals surface area contributed by atoms with Gasteiger partial charge in [-0.05, 0) is 25.9 Å². The first-order valence-electron chi connectivity index (χ1n) is 6.07. The van der Waals surface area contributed by atoms with Gasteiger partial charge in [0.1, 0.15) is 12.2 Å². The Morgan fingerprint density at radius 3 is 3.24 bits per heavy atom. The second-order valence-corrected chi connectivity index (χ2v) is 4.47. The van der Waals surface area contributed by atoms with Crippen LogP contribution in [0.3, 0.4) is 0 Å². The third kappa shape index (κ3) is 3.06. The van der Waals surface area contributed by atoms with E-state index in [0.29, 0.717) is 17.6 Å². The summed E-state index contributed by atoms with van der Waals surface area (Å²) in [5, 5.41) is 8.67. The van der Waals surface area contributed by atoms with Gasteiger partial charge >= 0.3 is 5.97 Å². The van der Waals surface area contributed by atoms with E-state index in [1.54, 1.807) is 0 Å². The van der Waals surface area contributed by atoms with Gasteiger partial charge in [0.25, 0.3) is 0 Å². The van der Waals surface area contributed by atoms with Gasteiger partial charge in [0.05, 0.1) is 6.20 Å². The van der Waals surface area contributed by atoms with Gasteiger partial charge in [-0.3, -0.25) is 4.79 Å². The first-order valence-corrected chi connectivity index (χ1v) is 6.07. The fraction of sp³-hybridized carbons (Fsp3) is 0.667. The summed E-state index contributed by atoms with van der Waals surface area (Å²) in [5.74, 6) is 0.568. The van der Waals surface area contributed by atoms with Crippen molar-refractivity contribution < 1.29 is 14.3 Å². The number of hydrogen-bond donors (Lipinski definition) is 1. The summed E-state index contributed by atoms with van der Waals surface area (Å²) in [6, 6.07) is 0. The lowest BCUT2D eigenvalue weighted by Crippen LogP contribution is -2.34. The van der Waals surface area contributed by atoms with Gasteiger partial charge in [-0.2, -0.15) is 0 Å². The van der Waals surface area contributed by atoms with Gasteiger partial charge in [0.2, 0.25) is 0 Å². The van der Waals surface area contributed by atoms with Crippen LogP contribution in [0.15, 0.2) is 10.6 Å². The Labute approximate surface area is 100 Å². The van der Waals surface area contributed by atoms with Crippen molar-refractivity contribution in [2.75, 3.05) is 19.6 Å². The third-order valence-corrected chi connectivity index (χ3v) is 3.20. The second-order valence-electron chi connectivity index (χ2n) is 4.47. The Morgan fingerprint density at radius 1 is 1.71 bits per heavy atom. The molecular weight excluding hydrogens is 220 g/mol. The molecule has 1 atom stereocenters. The summed E-state index contributed by atoms with van der Waals surface area (Å²) in [7, 11) is 0.